The van der Waals surface area contributed by atoms with E-state index in [-0.39, 0.29) is 29.5 Å². The molecule has 222 valence electrons. The standard InChI is InChI=1S/C33H39FN4O4/c1-4-23(5-2)36-32(40)37-25-12-17-30(29(34)21-25)41-27-15-10-24(11-16-27)35-31(39)22-8-13-28(14-9-22)42-33-19-6-7-26(18-20-33)38(33)3/h8-17,21,23,26H,4-7,18-20H2,1-3H3,(H,35,39)(H2,36,37,40). The lowest BCUT2D eigenvalue weighted by atomic mass is 10.0. The number of piperidine rings is 1. The van der Waals surface area contributed by atoms with Gasteiger partial charge in [0.15, 0.2) is 17.3 Å². The van der Waals surface area contributed by atoms with Crippen molar-refractivity contribution in [1.29, 1.82) is 0 Å². The molecule has 0 radical (unpaired) electrons. The zero-order valence-corrected chi connectivity index (χ0v) is 24.4. The van der Waals surface area contributed by atoms with Crippen molar-refractivity contribution < 1.29 is 23.5 Å². The van der Waals surface area contributed by atoms with E-state index in [2.05, 4.69) is 27.9 Å². The van der Waals surface area contributed by atoms with Crippen LogP contribution in [0, 0.1) is 5.82 Å². The van der Waals surface area contributed by atoms with Crippen LogP contribution >= 0.6 is 0 Å². The number of halogens is 1. The number of amides is 3. The van der Waals surface area contributed by atoms with Crippen molar-refractivity contribution in [3.63, 3.8) is 0 Å². The van der Waals surface area contributed by atoms with Crippen LogP contribution in [0.15, 0.2) is 66.7 Å². The first kappa shape index (κ1) is 29.4. The first-order valence-corrected chi connectivity index (χ1v) is 14.8. The van der Waals surface area contributed by atoms with Gasteiger partial charge in [0.2, 0.25) is 0 Å². The van der Waals surface area contributed by atoms with E-state index in [1.54, 1.807) is 42.5 Å². The smallest absolute Gasteiger partial charge is 0.319 e. The summed E-state index contributed by atoms with van der Waals surface area (Å²) >= 11 is 0. The average Bonchev–Trinajstić information content (AvgIpc) is 3.14. The molecule has 3 amide bonds. The molecule has 0 spiro atoms. The maximum absolute atomic E-state index is 14.7. The number of hydrogen-bond acceptors (Lipinski definition) is 5. The molecule has 5 rings (SSSR count). The number of nitrogens with zero attached hydrogens (tertiary/aromatic N) is 1. The Bertz CT molecular complexity index is 1390. The molecule has 8 nitrogen and oxygen atoms in total. The van der Waals surface area contributed by atoms with Crippen molar-refractivity contribution in [2.24, 2.45) is 0 Å². The summed E-state index contributed by atoms with van der Waals surface area (Å²) in [5.74, 6) is 0.339. The molecule has 9 heteroatoms. The van der Waals surface area contributed by atoms with E-state index < -0.39 is 5.82 Å². The molecule has 0 aromatic heterocycles. The summed E-state index contributed by atoms with van der Waals surface area (Å²) in [6.45, 7) is 3.99. The summed E-state index contributed by atoms with van der Waals surface area (Å²) in [5, 5.41) is 8.37. The monoisotopic (exact) mass is 574 g/mol. The molecule has 2 fully saturated rings. The zero-order valence-electron chi connectivity index (χ0n) is 24.4. The van der Waals surface area contributed by atoms with Crippen LogP contribution in [0.3, 0.4) is 0 Å². The Morgan fingerprint density at radius 3 is 2.31 bits per heavy atom. The largest absolute Gasteiger partial charge is 0.473 e. The van der Waals surface area contributed by atoms with Crippen LogP contribution in [-0.2, 0) is 0 Å². The minimum atomic E-state index is -0.609. The Kier molecular flexibility index (Phi) is 8.97. The third kappa shape index (κ3) is 6.68. The molecule has 0 aliphatic carbocycles. The topological polar surface area (TPSA) is 91.9 Å². The van der Waals surface area contributed by atoms with E-state index in [4.69, 9.17) is 9.47 Å². The number of urea groups is 1. The highest BCUT2D eigenvalue weighted by Gasteiger charge is 2.48. The predicted molar refractivity (Wildman–Crippen MR) is 162 cm³/mol. The lowest BCUT2D eigenvalue weighted by molar-refractivity contribution is -0.0823. The van der Waals surface area contributed by atoms with Gasteiger partial charge < -0.3 is 25.4 Å². The number of anilines is 2. The highest BCUT2D eigenvalue weighted by Crippen LogP contribution is 2.44. The van der Waals surface area contributed by atoms with Gasteiger partial charge >= 0.3 is 6.03 Å². The molecule has 0 saturated carbocycles. The first-order valence-electron chi connectivity index (χ1n) is 14.8. The lowest BCUT2D eigenvalue weighted by Crippen LogP contribution is -2.51. The fraction of sp³-hybridized carbons (Fsp3) is 0.394. The Hall–Kier alpha value is -4.11. The van der Waals surface area contributed by atoms with E-state index in [0.29, 0.717) is 28.7 Å². The maximum Gasteiger partial charge on any atom is 0.319 e. The zero-order chi connectivity index (χ0) is 29.7. The molecule has 2 atom stereocenters. The van der Waals surface area contributed by atoms with Crippen LogP contribution in [0.25, 0.3) is 0 Å². The average molecular weight is 575 g/mol. The molecule has 2 aliphatic heterocycles. The number of fused-ring (bicyclic) bond motifs is 2. The molecule has 3 aromatic rings. The van der Waals surface area contributed by atoms with Gasteiger partial charge in [0, 0.05) is 47.9 Å². The van der Waals surface area contributed by atoms with Crippen molar-refractivity contribution >= 4 is 23.3 Å². The molecule has 2 saturated heterocycles. The molecule has 2 unspecified atom stereocenters. The normalized spacial score (nSPS) is 19.8. The SMILES string of the molecule is CCC(CC)NC(=O)Nc1ccc(Oc2ccc(NC(=O)c3ccc(OC45CCCC(CC4)N5C)cc3)cc2)c(F)c1. The molecule has 2 heterocycles. The van der Waals surface area contributed by atoms with Gasteiger partial charge in [0.1, 0.15) is 11.5 Å². The Morgan fingerprint density at radius 1 is 0.929 bits per heavy atom. The maximum atomic E-state index is 14.7. The Labute approximate surface area is 246 Å². The van der Waals surface area contributed by atoms with Crippen LogP contribution in [0.1, 0.15) is 69.2 Å². The van der Waals surface area contributed by atoms with Crippen LogP contribution in [0.5, 0.6) is 17.2 Å². The number of hydrogen-bond donors (Lipinski definition) is 3. The molecule has 42 heavy (non-hydrogen) atoms. The first-order chi connectivity index (χ1) is 20.3. The summed E-state index contributed by atoms with van der Waals surface area (Å²) in [4.78, 5) is 27.4. The molecular formula is C33H39FN4O4. The third-order valence-electron chi connectivity index (χ3n) is 8.44. The van der Waals surface area contributed by atoms with Crippen molar-refractivity contribution in [3.8, 4) is 17.2 Å². The fourth-order valence-corrected chi connectivity index (χ4v) is 5.86. The van der Waals surface area contributed by atoms with Gasteiger partial charge in [0.25, 0.3) is 5.91 Å². The van der Waals surface area contributed by atoms with E-state index in [9.17, 15) is 14.0 Å². The number of ether oxygens (including phenoxy) is 2. The summed E-state index contributed by atoms with van der Waals surface area (Å²) < 4.78 is 26.8. The summed E-state index contributed by atoms with van der Waals surface area (Å²) in [6.07, 6.45) is 7.26. The number of nitrogens with one attached hydrogen (secondary N) is 3. The summed E-state index contributed by atoms with van der Waals surface area (Å²) in [6, 6.07) is 18.5. The van der Waals surface area contributed by atoms with E-state index in [1.165, 1.54) is 25.0 Å². The van der Waals surface area contributed by atoms with E-state index in [1.807, 2.05) is 26.0 Å². The van der Waals surface area contributed by atoms with Crippen molar-refractivity contribution in [3.05, 3.63) is 78.1 Å². The number of benzene rings is 3. The van der Waals surface area contributed by atoms with Gasteiger partial charge in [-0.05, 0) is 99.8 Å². The van der Waals surface area contributed by atoms with Gasteiger partial charge in [0.05, 0.1) is 0 Å². The van der Waals surface area contributed by atoms with Gasteiger partial charge in [-0.2, -0.15) is 0 Å². The van der Waals surface area contributed by atoms with E-state index >= 15 is 0 Å². The van der Waals surface area contributed by atoms with E-state index in [0.717, 1.165) is 37.9 Å². The highest BCUT2D eigenvalue weighted by atomic mass is 19.1. The van der Waals surface area contributed by atoms with Gasteiger partial charge in [-0.3, -0.25) is 9.69 Å². The quantitative estimate of drug-likeness (QED) is 0.233. The van der Waals surface area contributed by atoms with Crippen LogP contribution in [-0.4, -0.2) is 41.7 Å². The third-order valence-corrected chi connectivity index (χ3v) is 8.44. The summed E-state index contributed by atoms with van der Waals surface area (Å²) in [7, 11) is 2.15. The van der Waals surface area contributed by atoms with Crippen LogP contribution < -0.4 is 25.4 Å². The van der Waals surface area contributed by atoms with Crippen LogP contribution in [0.4, 0.5) is 20.6 Å². The second-order valence-electron chi connectivity index (χ2n) is 11.1. The predicted octanol–water partition coefficient (Wildman–Crippen LogP) is 7.53. The molecule has 2 aliphatic rings. The minimum absolute atomic E-state index is 0.0205. The second-order valence-corrected chi connectivity index (χ2v) is 11.1. The van der Waals surface area contributed by atoms with Crippen molar-refractivity contribution in [1.82, 2.24) is 10.2 Å². The van der Waals surface area contributed by atoms with Crippen molar-refractivity contribution in [2.45, 2.75) is 76.6 Å². The Morgan fingerprint density at radius 2 is 1.62 bits per heavy atom. The second kappa shape index (κ2) is 12.8. The molecule has 2 bridgehead atoms. The molecular weight excluding hydrogens is 535 g/mol. The van der Waals surface area contributed by atoms with Gasteiger partial charge in [-0.25, -0.2) is 9.18 Å². The van der Waals surface area contributed by atoms with Crippen LogP contribution in [0.2, 0.25) is 0 Å². The lowest BCUT2D eigenvalue weighted by Gasteiger charge is -2.42. The number of carbonyl (C=O) groups excluding carboxylic acids is 2. The highest BCUT2D eigenvalue weighted by molar-refractivity contribution is 6.04. The fourth-order valence-electron chi connectivity index (χ4n) is 5.86. The molecule has 3 aromatic carbocycles. The minimum Gasteiger partial charge on any atom is -0.473 e. The number of rotatable bonds is 10. The summed E-state index contributed by atoms with van der Waals surface area (Å²) in [5.41, 5.74) is 1.19. The van der Waals surface area contributed by atoms with Gasteiger partial charge in [-0.1, -0.05) is 13.8 Å². The van der Waals surface area contributed by atoms with Gasteiger partial charge in [-0.15, -0.1) is 0 Å². The number of carbonyl (C=O) groups is 2. The van der Waals surface area contributed by atoms with Crippen molar-refractivity contribution in [2.75, 3.05) is 17.7 Å². The molecule has 3 N–H and O–H groups in total. The Balaban J connectivity index is 1.14.